The highest BCUT2D eigenvalue weighted by atomic mass is 32.1. The molecule has 0 saturated carbocycles. The molecule has 0 amide bonds. The average molecular weight is 389 g/mol. The fourth-order valence-electron chi connectivity index (χ4n) is 3.33. The molecule has 1 aliphatic heterocycles. The van der Waals surface area contributed by atoms with Crippen molar-refractivity contribution in [3.8, 4) is 11.1 Å². The number of carbonyl (C=O) groups is 1. The number of methoxy groups -OCH3 is 1. The summed E-state index contributed by atoms with van der Waals surface area (Å²) in [5.74, 6) is -0.339. The van der Waals surface area contributed by atoms with Crippen molar-refractivity contribution in [1.82, 2.24) is 4.90 Å². The molecule has 1 aromatic heterocycles. The molecule has 1 fully saturated rings. The largest absolute Gasteiger partial charge is 0.465 e. The number of likely N-dealkylation sites (tertiary alicyclic amines) is 1. The number of nitrogens with one attached hydrogen (secondary N) is 1. The van der Waals surface area contributed by atoms with Crippen LogP contribution in [0, 0.1) is 6.92 Å². The van der Waals surface area contributed by atoms with Gasteiger partial charge in [-0.25, -0.2) is 4.79 Å². The summed E-state index contributed by atoms with van der Waals surface area (Å²) in [5.41, 5.74) is 2.50. The summed E-state index contributed by atoms with van der Waals surface area (Å²) < 4.78 is 5.07. The van der Waals surface area contributed by atoms with Crippen LogP contribution in [-0.2, 0) is 4.74 Å². The van der Waals surface area contributed by atoms with Crippen molar-refractivity contribution < 1.29 is 9.53 Å². The molecule has 4 nitrogen and oxygen atoms in total. The summed E-state index contributed by atoms with van der Waals surface area (Å²) in [6.45, 7) is 3.96. The lowest BCUT2D eigenvalue weighted by Crippen LogP contribution is -2.35. The van der Waals surface area contributed by atoms with Crippen LogP contribution in [0.1, 0.15) is 40.9 Å². The van der Waals surface area contributed by atoms with Gasteiger partial charge in [0.25, 0.3) is 0 Å². The minimum absolute atomic E-state index is 0.339. The molecule has 2 heterocycles. The molecule has 1 aromatic carbocycles. The molecule has 1 saturated heterocycles. The number of rotatable bonds is 3. The van der Waals surface area contributed by atoms with Gasteiger partial charge >= 0.3 is 5.97 Å². The van der Waals surface area contributed by atoms with E-state index in [0.717, 1.165) is 46.9 Å². The van der Waals surface area contributed by atoms with Crippen LogP contribution in [0.15, 0.2) is 30.3 Å². The van der Waals surface area contributed by atoms with Gasteiger partial charge in [-0.15, -0.1) is 11.3 Å². The number of anilines is 1. The summed E-state index contributed by atoms with van der Waals surface area (Å²) in [7, 11) is 1.42. The number of thiophene rings is 1. The van der Waals surface area contributed by atoms with Gasteiger partial charge in [-0.1, -0.05) is 43.2 Å². The van der Waals surface area contributed by atoms with Gasteiger partial charge in [0, 0.05) is 23.5 Å². The van der Waals surface area contributed by atoms with Gasteiger partial charge in [0.2, 0.25) is 0 Å². The van der Waals surface area contributed by atoms with Crippen LogP contribution in [0.3, 0.4) is 0 Å². The van der Waals surface area contributed by atoms with Crippen molar-refractivity contribution >= 4 is 39.6 Å². The van der Waals surface area contributed by atoms with Gasteiger partial charge in [0.05, 0.1) is 7.11 Å². The zero-order valence-electron chi connectivity index (χ0n) is 15.2. The molecule has 0 unspecified atom stereocenters. The van der Waals surface area contributed by atoms with E-state index < -0.39 is 0 Å². The number of nitrogens with zero attached hydrogens (tertiary/aromatic N) is 1. The fourth-order valence-corrected chi connectivity index (χ4v) is 4.74. The lowest BCUT2D eigenvalue weighted by Gasteiger charge is -2.23. The third-order valence-electron chi connectivity index (χ3n) is 4.65. The molecule has 0 aliphatic carbocycles. The van der Waals surface area contributed by atoms with Crippen molar-refractivity contribution in [3.05, 3.63) is 40.8 Å². The molecule has 1 aliphatic rings. The highest BCUT2D eigenvalue weighted by Crippen LogP contribution is 2.40. The quantitative estimate of drug-likeness (QED) is 0.586. The highest BCUT2D eigenvalue weighted by molar-refractivity contribution is 7.80. The van der Waals surface area contributed by atoms with Gasteiger partial charge in [0.1, 0.15) is 10.6 Å². The van der Waals surface area contributed by atoms with Gasteiger partial charge in [-0.2, -0.15) is 0 Å². The Morgan fingerprint density at radius 1 is 1.15 bits per heavy atom. The number of aryl methyl sites for hydroxylation is 1. The van der Waals surface area contributed by atoms with Crippen molar-refractivity contribution in [1.29, 1.82) is 0 Å². The van der Waals surface area contributed by atoms with Crippen LogP contribution in [0.2, 0.25) is 0 Å². The first-order valence-electron chi connectivity index (χ1n) is 8.95. The van der Waals surface area contributed by atoms with Crippen LogP contribution in [-0.4, -0.2) is 36.2 Å². The Bertz CT molecular complexity index is 779. The van der Waals surface area contributed by atoms with Crippen molar-refractivity contribution in [2.24, 2.45) is 0 Å². The SMILES string of the molecule is COC(=O)c1c(NC(=S)N2CCCCCC2)sc(C)c1-c1ccccc1. The van der Waals surface area contributed by atoms with E-state index in [1.54, 1.807) is 11.3 Å². The van der Waals surface area contributed by atoms with E-state index in [9.17, 15) is 4.79 Å². The summed E-state index contributed by atoms with van der Waals surface area (Å²) >= 11 is 7.19. The van der Waals surface area contributed by atoms with Crippen molar-refractivity contribution in [2.45, 2.75) is 32.6 Å². The summed E-state index contributed by atoms with van der Waals surface area (Å²) in [5, 5.41) is 4.79. The molecular weight excluding hydrogens is 364 g/mol. The normalized spacial score (nSPS) is 14.6. The summed E-state index contributed by atoms with van der Waals surface area (Å²) in [6.07, 6.45) is 4.82. The fraction of sp³-hybridized carbons (Fsp3) is 0.400. The first-order chi connectivity index (χ1) is 12.6. The second-order valence-electron chi connectivity index (χ2n) is 6.43. The zero-order valence-corrected chi connectivity index (χ0v) is 16.8. The van der Waals surface area contributed by atoms with E-state index in [2.05, 4.69) is 10.2 Å². The lowest BCUT2D eigenvalue weighted by atomic mass is 10.0. The molecule has 0 radical (unpaired) electrons. The maximum atomic E-state index is 12.5. The highest BCUT2D eigenvalue weighted by Gasteiger charge is 2.25. The Balaban J connectivity index is 1.94. The van der Waals surface area contributed by atoms with E-state index in [0.29, 0.717) is 10.7 Å². The number of thiocarbonyl (C=S) groups is 1. The second-order valence-corrected chi connectivity index (χ2v) is 8.04. The number of hydrogen-bond acceptors (Lipinski definition) is 4. The zero-order chi connectivity index (χ0) is 18.5. The number of esters is 1. The van der Waals surface area contributed by atoms with E-state index in [4.69, 9.17) is 17.0 Å². The van der Waals surface area contributed by atoms with E-state index in [-0.39, 0.29) is 5.97 Å². The molecular formula is C20H24N2O2S2. The molecule has 26 heavy (non-hydrogen) atoms. The minimum atomic E-state index is -0.339. The molecule has 3 rings (SSSR count). The second kappa shape index (κ2) is 8.64. The average Bonchev–Trinajstić information content (AvgIpc) is 2.83. The Kier molecular flexibility index (Phi) is 6.27. The van der Waals surface area contributed by atoms with Crippen LogP contribution >= 0.6 is 23.6 Å². The first-order valence-corrected chi connectivity index (χ1v) is 10.2. The molecule has 138 valence electrons. The molecule has 0 bridgehead atoms. The van der Waals surface area contributed by atoms with Crippen LogP contribution in [0.5, 0.6) is 0 Å². The minimum Gasteiger partial charge on any atom is -0.465 e. The third-order valence-corrected chi connectivity index (χ3v) is 6.03. The topological polar surface area (TPSA) is 41.6 Å². The Labute approximate surface area is 164 Å². The maximum Gasteiger partial charge on any atom is 0.341 e. The predicted molar refractivity (Wildman–Crippen MR) is 112 cm³/mol. The standard InChI is InChI=1S/C20H24N2O2S2/c1-14-16(15-10-6-5-7-11-15)17(19(23)24-2)18(26-14)21-20(25)22-12-8-3-4-9-13-22/h5-7,10-11H,3-4,8-9,12-13H2,1-2H3,(H,21,25). The summed E-state index contributed by atoms with van der Waals surface area (Å²) in [4.78, 5) is 15.8. The molecule has 0 spiro atoms. The van der Waals surface area contributed by atoms with Gasteiger partial charge in [-0.05, 0) is 37.5 Å². The van der Waals surface area contributed by atoms with Gasteiger partial charge in [-0.3, -0.25) is 0 Å². The van der Waals surface area contributed by atoms with E-state index in [1.165, 1.54) is 20.0 Å². The van der Waals surface area contributed by atoms with Gasteiger partial charge < -0.3 is 15.0 Å². The van der Waals surface area contributed by atoms with Gasteiger partial charge in [0.15, 0.2) is 5.11 Å². The Morgan fingerprint density at radius 2 is 1.81 bits per heavy atom. The van der Waals surface area contributed by atoms with Crippen LogP contribution in [0.25, 0.3) is 11.1 Å². The van der Waals surface area contributed by atoms with Crippen LogP contribution in [0.4, 0.5) is 5.00 Å². The molecule has 2 aromatic rings. The summed E-state index contributed by atoms with van der Waals surface area (Å²) in [6, 6.07) is 9.94. The number of benzene rings is 1. The maximum absolute atomic E-state index is 12.5. The number of hydrogen-bond donors (Lipinski definition) is 1. The Morgan fingerprint density at radius 3 is 2.42 bits per heavy atom. The van der Waals surface area contributed by atoms with Crippen molar-refractivity contribution in [3.63, 3.8) is 0 Å². The molecule has 0 atom stereocenters. The van der Waals surface area contributed by atoms with E-state index >= 15 is 0 Å². The van der Waals surface area contributed by atoms with E-state index in [1.807, 2.05) is 37.3 Å². The monoisotopic (exact) mass is 388 g/mol. The number of ether oxygens (including phenoxy) is 1. The van der Waals surface area contributed by atoms with Crippen LogP contribution < -0.4 is 5.32 Å². The smallest absolute Gasteiger partial charge is 0.341 e. The molecule has 6 heteroatoms. The number of carbonyl (C=O) groups excluding carboxylic acids is 1. The molecule has 1 N–H and O–H groups in total. The predicted octanol–water partition coefficient (Wildman–Crippen LogP) is 5.08. The lowest BCUT2D eigenvalue weighted by molar-refractivity contribution is 0.0603. The third kappa shape index (κ3) is 4.07. The Hall–Kier alpha value is -1.92. The first kappa shape index (κ1) is 18.9. The van der Waals surface area contributed by atoms with Crippen molar-refractivity contribution in [2.75, 3.05) is 25.5 Å².